The molecule has 4 rings (SSSR count). The van der Waals surface area contributed by atoms with Gasteiger partial charge >= 0.3 is 6.18 Å². The molecule has 2 amide bonds. The van der Waals surface area contributed by atoms with Crippen LogP contribution in [0.25, 0.3) is 0 Å². The summed E-state index contributed by atoms with van der Waals surface area (Å²) in [7, 11) is -3.88. The summed E-state index contributed by atoms with van der Waals surface area (Å²) in [5.41, 5.74) is 0.512. The molecule has 1 aliphatic heterocycles. The van der Waals surface area contributed by atoms with Gasteiger partial charge in [-0.3, -0.25) is 14.9 Å². The zero-order valence-electron chi connectivity index (χ0n) is 18.6. The fraction of sp³-hybridized carbons (Fsp3) is 0.167. The molecule has 2 N–H and O–H groups in total. The summed E-state index contributed by atoms with van der Waals surface area (Å²) in [6.07, 6.45) is -3.35. The van der Waals surface area contributed by atoms with Crippen LogP contribution in [0.15, 0.2) is 76.6 Å². The fourth-order valence-corrected chi connectivity index (χ4v) is 4.94. The van der Waals surface area contributed by atoms with Crippen molar-refractivity contribution in [1.82, 2.24) is 9.62 Å². The number of benzene rings is 2. The molecule has 0 saturated carbocycles. The van der Waals surface area contributed by atoms with Crippen molar-refractivity contribution >= 4 is 27.7 Å². The topological polar surface area (TPSA) is 109 Å². The van der Waals surface area contributed by atoms with Crippen LogP contribution in [0.5, 0.6) is 0 Å². The fourth-order valence-electron chi connectivity index (χ4n) is 3.57. The summed E-state index contributed by atoms with van der Waals surface area (Å²) in [5, 5.41) is 5.07. The molecule has 0 fully saturated rings. The Kier molecular flexibility index (Phi) is 6.74. The van der Waals surface area contributed by atoms with E-state index >= 15 is 0 Å². The molecule has 1 aromatic heterocycles. The molecule has 2 aromatic carbocycles. The normalized spacial score (nSPS) is 13.8. The Balaban J connectivity index is 1.37. The van der Waals surface area contributed by atoms with Crippen molar-refractivity contribution in [3.05, 3.63) is 95.3 Å². The highest BCUT2D eigenvalue weighted by molar-refractivity contribution is 7.89. The predicted octanol–water partition coefficient (Wildman–Crippen LogP) is 4.06. The Hall–Kier alpha value is -3.90. The molecule has 188 valence electrons. The summed E-state index contributed by atoms with van der Waals surface area (Å²) in [6.45, 7) is 3.39. The standard InChI is InChI=1S/C24H20F3N3O5S/c1-2-21(31)29-22-11-17-13-30(14-20(17)35-22)36(33,34)19-9-5-16(6-10-19)23(32)28-12-15-3-7-18(8-4-15)24(25,26)27/h2-11H,1,12-14H2,(H,28,32)(H,29,31). The van der Waals surface area contributed by atoms with Gasteiger partial charge in [0, 0.05) is 30.3 Å². The Labute approximate surface area is 204 Å². The molecular weight excluding hydrogens is 499 g/mol. The van der Waals surface area contributed by atoms with Crippen LogP contribution in [-0.2, 0) is 40.6 Å². The largest absolute Gasteiger partial charge is 0.444 e. The molecular formula is C24H20F3N3O5S. The minimum absolute atomic E-state index is 0.00474. The van der Waals surface area contributed by atoms with Crippen LogP contribution in [-0.4, -0.2) is 24.5 Å². The highest BCUT2D eigenvalue weighted by atomic mass is 32.2. The average Bonchev–Trinajstić information content (AvgIpc) is 3.41. The van der Waals surface area contributed by atoms with Crippen LogP contribution in [0, 0.1) is 0 Å². The van der Waals surface area contributed by atoms with E-state index in [1.165, 1.54) is 40.7 Å². The molecule has 1 aliphatic rings. The number of hydrogen-bond donors (Lipinski definition) is 2. The second-order valence-electron chi connectivity index (χ2n) is 7.93. The maximum Gasteiger partial charge on any atom is 0.416 e. The summed E-state index contributed by atoms with van der Waals surface area (Å²) in [6, 6.07) is 11.3. The van der Waals surface area contributed by atoms with E-state index in [2.05, 4.69) is 17.2 Å². The third kappa shape index (κ3) is 5.34. The lowest BCUT2D eigenvalue weighted by molar-refractivity contribution is -0.137. The molecule has 0 atom stereocenters. The van der Waals surface area contributed by atoms with Gasteiger partial charge in [0.1, 0.15) is 5.76 Å². The Bertz CT molecular complexity index is 1390. The third-order valence-corrected chi connectivity index (χ3v) is 7.29. The number of carbonyl (C=O) groups excluding carboxylic acids is 2. The molecule has 0 radical (unpaired) electrons. The summed E-state index contributed by atoms with van der Waals surface area (Å²) >= 11 is 0. The molecule has 12 heteroatoms. The zero-order valence-corrected chi connectivity index (χ0v) is 19.4. The van der Waals surface area contributed by atoms with Gasteiger partial charge in [-0.1, -0.05) is 18.7 Å². The van der Waals surface area contributed by atoms with E-state index in [1.54, 1.807) is 6.07 Å². The van der Waals surface area contributed by atoms with Crippen molar-refractivity contribution in [2.45, 2.75) is 30.7 Å². The summed E-state index contributed by atoms with van der Waals surface area (Å²) < 4.78 is 70.7. The lowest BCUT2D eigenvalue weighted by Gasteiger charge is -2.16. The molecule has 3 aromatic rings. The van der Waals surface area contributed by atoms with Gasteiger partial charge in [0.15, 0.2) is 5.88 Å². The van der Waals surface area contributed by atoms with E-state index in [4.69, 9.17) is 4.42 Å². The Morgan fingerprint density at radius 1 is 1.06 bits per heavy atom. The van der Waals surface area contributed by atoms with E-state index in [0.717, 1.165) is 18.2 Å². The smallest absolute Gasteiger partial charge is 0.416 e. The van der Waals surface area contributed by atoms with Gasteiger partial charge < -0.3 is 9.73 Å². The van der Waals surface area contributed by atoms with Crippen LogP contribution in [0.4, 0.5) is 19.1 Å². The minimum Gasteiger partial charge on any atom is -0.444 e. The second kappa shape index (κ2) is 9.63. The number of nitrogens with one attached hydrogen (secondary N) is 2. The van der Waals surface area contributed by atoms with E-state index in [1.807, 2.05) is 0 Å². The summed E-state index contributed by atoms with van der Waals surface area (Å²) in [4.78, 5) is 23.8. The molecule has 0 aliphatic carbocycles. The molecule has 36 heavy (non-hydrogen) atoms. The number of alkyl halides is 3. The maximum absolute atomic E-state index is 13.0. The lowest BCUT2D eigenvalue weighted by Crippen LogP contribution is -2.26. The highest BCUT2D eigenvalue weighted by Crippen LogP contribution is 2.33. The van der Waals surface area contributed by atoms with E-state index in [0.29, 0.717) is 16.9 Å². The Morgan fingerprint density at radius 2 is 1.72 bits per heavy atom. The second-order valence-corrected chi connectivity index (χ2v) is 9.87. The van der Waals surface area contributed by atoms with Gasteiger partial charge in [0.2, 0.25) is 15.9 Å². The van der Waals surface area contributed by atoms with Gasteiger partial charge in [-0.2, -0.15) is 17.5 Å². The van der Waals surface area contributed by atoms with Crippen molar-refractivity contribution in [3.8, 4) is 0 Å². The van der Waals surface area contributed by atoms with Crippen molar-refractivity contribution in [2.24, 2.45) is 0 Å². The summed E-state index contributed by atoms with van der Waals surface area (Å²) in [5.74, 6) is -0.338. The molecule has 0 unspecified atom stereocenters. The van der Waals surface area contributed by atoms with E-state index in [-0.39, 0.29) is 36.0 Å². The van der Waals surface area contributed by atoms with Gasteiger partial charge in [-0.05, 0) is 48.0 Å². The number of rotatable bonds is 7. The average molecular weight is 520 g/mol. The number of nitrogens with zero attached hydrogens (tertiary/aromatic N) is 1. The number of fused-ring (bicyclic) bond motifs is 1. The monoisotopic (exact) mass is 519 g/mol. The van der Waals surface area contributed by atoms with Gasteiger partial charge in [0.25, 0.3) is 5.91 Å². The number of anilines is 1. The van der Waals surface area contributed by atoms with Gasteiger partial charge in [-0.25, -0.2) is 8.42 Å². The number of amides is 2. The Morgan fingerprint density at radius 3 is 2.31 bits per heavy atom. The van der Waals surface area contributed by atoms with Crippen molar-refractivity contribution < 1.29 is 35.6 Å². The molecule has 0 bridgehead atoms. The van der Waals surface area contributed by atoms with Crippen LogP contribution in [0.1, 0.15) is 32.8 Å². The predicted molar refractivity (Wildman–Crippen MR) is 123 cm³/mol. The number of sulfonamides is 1. The number of halogens is 3. The maximum atomic E-state index is 13.0. The third-order valence-electron chi connectivity index (χ3n) is 5.48. The van der Waals surface area contributed by atoms with Gasteiger partial charge in [-0.15, -0.1) is 0 Å². The van der Waals surface area contributed by atoms with Crippen molar-refractivity contribution in [3.63, 3.8) is 0 Å². The van der Waals surface area contributed by atoms with Crippen LogP contribution >= 0.6 is 0 Å². The van der Waals surface area contributed by atoms with Crippen LogP contribution in [0.2, 0.25) is 0 Å². The molecule has 0 saturated heterocycles. The van der Waals surface area contributed by atoms with Crippen molar-refractivity contribution in [2.75, 3.05) is 5.32 Å². The minimum atomic E-state index is -4.44. The molecule has 0 spiro atoms. The molecule has 2 heterocycles. The van der Waals surface area contributed by atoms with Gasteiger partial charge in [0.05, 0.1) is 17.0 Å². The first-order valence-electron chi connectivity index (χ1n) is 10.6. The quantitative estimate of drug-likeness (QED) is 0.458. The lowest BCUT2D eigenvalue weighted by atomic mass is 10.1. The van der Waals surface area contributed by atoms with E-state index < -0.39 is 33.6 Å². The number of hydrogen-bond acceptors (Lipinski definition) is 5. The zero-order chi connectivity index (χ0) is 26.1. The van der Waals surface area contributed by atoms with Crippen LogP contribution < -0.4 is 10.6 Å². The molecule has 8 nitrogen and oxygen atoms in total. The highest BCUT2D eigenvalue weighted by Gasteiger charge is 2.34. The van der Waals surface area contributed by atoms with Crippen molar-refractivity contribution in [1.29, 1.82) is 0 Å². The first kappa shape index (κ1) is 25.2. The number of carbonyl (C=O) groups is 2. The van der Waals surface area contributed by atoms with E-state index in [9.17, 15) is 31.2 Å². The number of furan rings is 1. The first-order valence-corrected chi connectivity index (χ1v) is 12.0. The van der Waals surface area contributed by atoms with Crippen LogP contribution in [0.3, 0.4) is 0 Å². The SMILES string of the molecule is C=CC(=O)Nc1cc2c(o1)CN(S(=O)(=O)c1ccc(C(=O)NCc3ccc(C(F)(F)F)cc3)cc1)C2. The first-order chi connectivity index (χ1) is 17.0.